The van der Waals surface area contributed by atoms with Crippen molar-refractivity contribution in [2.24, 2.45) is 0 Å². The standard InChI is InChI=1S/C21H21ClN4O6/c22-16-3-1-15(11-17(16)26(29)30)21(28)25-9-7-24(8-10-25)6-5-23-20(27)14-2-4-18-19(12-14)32-13-31-18/h1-4,11-12H,5-10,13H2,(H,23,27). The summed E-state index contributed by atoms with van der Waals surface area (Å²) in [4.78, 5) is 39.3. The van der Waals surface area contributed by atoms with E-state index in [2.05, 4.69) is 10.2 Å². The smallest absolute Gasteiger partial charge is 0.288 e. The van der Waals surface area contributed by atoms with E-state index in [1.165, 1.54) is 18.2 Å². The fourth-order valence-electron chi connectivity index (χ4n) is 3.61. The molecule has 1 fully saturated rings. The van der Waals surface area contributed by atoms with E-state index < -0.39 is 4.92 Å². The first-order valence-corrected chi connectivity index (χ1v) is 10.4. The van der Waals surface area contributed by atoms with Gasteiger partial charge < -0.3 is 19.7 Å². The van der Waals surface area contributed by atoms with Crippen molar-refractivity contribution in [2.75, 3.05) is 46.1 Å². The van der Waals surface area contributed by atoms with Gasteiger partial charge in [0.25, 0.3) is 17.5 Å². The number of halogens is 1. The van der Waals surface area contributed by atoms with Gasteiger partial charge in [0, 0.05) is 56.5 Å². The molecule has 2 aliphatic rings. The summed E-state index contributed by atoms with van der Waals surface area (Å²) in [6.07, 6.45) is 0. The molecule has 11 heteroatoms. The summed E-state index contributed by atoms with van der Waals surface area (Å²) in [6.45, 7) is 3.53. The van der Waals surface area contributed by atoms with Crippen LogP contribution in [0.25, 0.3) is 0 Å². The zero-order valence-electron chi connectivity index (χ0n) is 17.1. The van der Waals surface area contributed by atoms with Gasteiger partial charge in [-0.3, -0.25) is 24.6 Å². The Bertz CT molecular complexity index is 1050. The lowest BCUT2D eigenvalue weighted by Gasteiger charge is -2.34. The second-order valence-corrected chi connectivity index (χ2v) is 7.79. The zero-order chi connectivity index (χ0) is 22.7. The largest absolute Gasteiger partial charge is 0.454 e. The minimum atomic E-state index is -0.602. The fraction of sp³-hybridized carbons (Fsp3) is 0.333. The molecule has 0 unspecified atom stereocenters. The number of nitro groups is 1. The first-order valence-electron chi connectivity index (χ1n) is 10.1. The molecule has 168 valence electrons. The first kappa shape index (κ1) is 21.8. The number of nitrogens with one attached hydrogen (secondary N) is 1. The fourth-order valence-corrected chi connectivity index (χ4v) is 3.80. The Balaban J connectivity index is 1.24. The molecular weight excluding hydrogens is 440 g/mol. The summed E-state index contributed by atoms with van der Waals surface area (Å²) >= 11 is 5.82. The Morgan fingerprint density at radius 2 is 1.75 bits per heavy atom. The summed E-state index contributed by atoms with van der Waals surface area (Å²) in [5, 5.41) is 13.9. The predicted octanol–water partition coefficient (Wildman–Crippen LogP) is 2.16. The first-order chi connectivity index (χ1) is 15.4. The molecule has 0 radical (unpaired) electrons. The number of nitrogens with zero attached hydrogens (tertiary/aromatic N) is 3. The molecule has 2 aromatic carbocycles. The van der Waals surface area contributed by atoms with Gasteiger partial charge >= 0.3 is 0 Å². The summed E-state index contributed by atoms with van der Waals surface area (Å²) in [7, 11) is 0. The molecule has 1 N–H and O–H groups in total. The third-order valence-electron chi connectivity index (χ3n) is 5.40. The minimum absolute atomic E-state index is 0.000774. The quantitative estimate of drug-likeness (QED) is 0.519. The number of nitro benzene ring substituents is 1. The van der Waals surface area contributed by atoms with Crippen molar-refractivity contribution >= 4 is 29.1 Å². The Morgan fingerprint density at radius 3 is 2.50 bits per heavy atom. The molecular formula is C21H21ClN4O6. The zero-order valence-corrected chi connectivity index (χ0v) is 17.8. The maximum atomic E-state index is 12.7. The van der Waals surface area contributed by atoms with Crippen LogP contribution in [0.15, 0.2) is 36.4 Å². The molecule has 2 aromatic rings. The van der Waals surface area contributed by atoms with Crippen molar-refractivity contribution in [2.45, 2.75) is 0 Å². The average Bonchev–Trinajstić information content (AvgIpc) is 3.27. The van der Waals surface area contributed by atoms with Crippen LogP contribution >= 0.6 is 11.6 Å². The van der Waals surface area contributed by atoms with Crippen molar-refractivity contribution in [1.82, 2.24) is 15.1 Å². The molecule has 2 amide bonds. The van der Waals surface area contributed by atoms with Crippen LogP contribution in [0.3, 0.4) is 0 Å². The van der Waals surface area contributed by atoms with E-state index in [0.717, 1.165) is 0 Å². The highest BCUT2D eigenvalue weighted by atomic mass is 35.5. The van der Waals surface area contributed by atoms with Crippen LogP contribution in [0.2, 0.25) is 5.02 Å². The maximum Gasteiger partial charge on any atom is 0.288 e. The van der Waals surface area contributed by atoms with Gasteiger partial charge in [0.15, 0.2) is 11.5 Å². The molecule has 2 aliphatic heterocycles. The van der Waals surface area contributed by atoms with Crippen molar-refractivity contribution in [3.05, 3.63) is 62.7 Å². The van der Waals surface area contributed by atoms with E-state index >= 15 is 0 Å². The SMILES string of the molecule is O=C(NCCN1CCN(C(=O)c2ccc(Cl)c([N+](=O)[O-])c2)CC1)c1ccc2c(c1)OCO2. The highest BCUT2D eigenvalue weighted by Crippen LogP contribution is 2.32. The molecule has 4 rings (SSSR count). The van der Waals surface area contributed by atoms with E-state index in [9.17, 15) is 19.7 Å². The lowest BCUT2D eigenvalue weighted by molar-refractivity contribution is -0.384. The Labute approximate surface area is 188 Å². The normalized spacial score (nSPS) is 15.5. The van der Waals surface area contributed by atoms with Gasteiger partial charge in [-0.05, 0) is 30.3 Å². The number of hydrogen-bond donors (Lipinski definition) is 1. The van der Waals surface area contributed by atoms with E-state index in [1.54, 1.807) is 23.1 Å². The molecule has 0 saturated carbocycles. The number of hydrogen-bond acceptors (Lipinski definition) is 7. The Hall–Kier alpha value is -3.37. The van der Waals surface area contributed by atoms with Crippen molar-refractivity contribution in [3.8, 4) is 11.5 Å². The number of rotatable bonds is 6. The van der Waals surface area contributed by atoms with Gasteiger partial charge in [0.2, 0.25) is 6.79 Å². The Kier molecular flexibility index (Phi) is 6.42. The van der Waals surface area contributed by atoms with E-state index in [-0.39, 0.29) is 34.9 Å². The second-order valence-electron chi connectivity index (χ2n) is 7.38. The van der Waals surface area contributed by atoms with Gasteiger partial charge in [-0.1, -0.05) is 11.6 Å². The molecule has 10 nitrogen and oxygen atoms in total. The van der Waals surface area contributed by atoms with Crippen LogP contribution in [-0.4, -0.2) is 72.6 Å². The summed E-state index contributed by atoms with van der Waals surface area (Å²) in [6, 6.07) is 9.13. The van der Waals surface area contributed by atoms with Crippen LogP contribution < -0.4 is 14.8 Å². The summed E-state index contributed by atoms with van der Waals surface area (Å²) in [5.41, 5.74) is 0.460. The van der Waals surface area contributed by atoms with Crippen LogP contribution in [0, 0.1) is 10.1 Å². The number of carbonyl (C=O) groups is 2. The average molecular weight is 461 g/mol. The number of ether oxygens (including phenoxy) is 2. The monoisotopic (exact) mass is 460 g/mol. The molecule has 0 aromatic heterocycles. The molecule has 0 bridgehead atoms. The number of amides is 2. The van der Waals surface area contributed by atoms with Crippen LogP contribution in [-0.2, 0) is 0 Å². The molecule has 32 heavy (non-hydrogen) atoms. The third-order valence-corrected chi connectivity index (χ3v) is 5.72. The predicted molar refractivity (Wildman–Crippen MR) is 115 cm³/mol. The Morgan fingerprint density at radius 1 is 1.03 bits per heavy atom. The molecule has 0 spiro atoms. The lowest BCUT2D eigenvalue weighted by Crippen LogP contribution is -2.50. The van der Waals surface area contributed by atoms with Gasteiger partial charge in [-0.25, -0.2) is 0 Å². The molecule has 0 aliphatic carbocycles. The van der Waals surface area contributed by atoms with Gasteiger partial charge in [-0.2, -0.15) is 0 Å². The van der Waals surface area contributed by atoms with Crippen LogP contribution in [0.5, 0.6) is 11.5 Å². The van der Waals surface area contributed by atoms with E-state index in [0.29, 0.717) is 56.3 Å². The number of benzene rings is 2. The van der Waals surface area contributed by atoms with E-state index in [1.807, 2.05) is 0 Å². The van der Waals surface area contributed by atoms with Gasteiger partial charge in [0.05, 0.1) is 4.92 Å². The highest BCUT2D eigenvalue weighted by Gasteiger charge is 2.24. The lowest BCUT2D eigenvalue weighted by atomic mass is 10.1. The molecule has 1 saturated heterocycles. The third kappa shape index (κ3) is 4.76. The van der Waals surface area contributed by atoms with Crippen LogP contribution in [0.1, 0.15) is 20.7 Å². The number of piperazine rings is 1. The summed E-state index contributed by atoms with van der Waals surface area (Å²) < 4.78 is 10.5. The topological polar surface area (TPSA) is 114 Å². The molecule has 0 atom stereocenters. The van der Waals surface area contributed by atoms with E-state index in [4.69, 9.17) is 21.1 Å². The summed E-state index contributed by atoms with van der Waals surface area (Å²) in [5.74, 6) is 0.730. The van der Waals surface area contributed by atoms with Crippen LogP contribution in [0.4, 0.5) is 5.69 Å². The van der Waals surface area contributed by atoms with Crippen molar-refractivity contribution < 1.29 is 24.0 Å². The maximum absolute atomic E-state index is 12.7. The number of fused-ring (bicyclic) bond motifs is 1. The highest BCUT2D eigenvalue weighted by molar-refractivity contribution is 6.32. The molecule has 2 heterocycles. The van der Waals surface area contributed by atoms with Crippen molar-refractivity contribution in [1.29, 1.82) is 0 Å². The van der Waals surface area contributed by atoms with Gasteiger partial charge in [0.1, 0.15) is 5.02 Å². The number of carbonyl (C=O) groups excluding carboxylic acids is 2. The minimum Gasteiger partial charge on any atom is -0.454 e. The van der Waals surface area contributed by atoms with Crippen molar-refractivity contribution in [3.63, 3.8) is 0 Å². The second kappa shape index (κ2) is 9.41. The van der Waals surface area contributed by atoms with Gasteiger partial charge in [-0.15, -0.1) is 0 Å².